The van der Waals surface area contributed by atoms with Gasteiger partial charge in [-0.2, -0.15) is 11.8 Å². The van der Waals surface area contributed by atoms with Gasteiger partial charge in [0.25, 0.3) is 0 Å². The molecule has 0 aliphatic heterocycles. The molecule has 4 rings (SSSR count). The molecule has 0 aliphatic rings. The summed E-state index contributed by atoms with van der Waals surface area (Å²) in [6, 6.07) is 10.3. The lowest BCUT2D eigenvalue weighted by Crippen LogP contribution is -2.01. The summed E-state index contributed by atoms with van der Waals surface area (Å²) in [5, 5.41) is 3.41. The van der Waals surface area contributed by atoms with Crippen molar-refractivity contribution < 1.29 is 13.2 Å². The Hall–Kier alpha value is -2.93. The molecule has 0 amide bonds. The molecule has 0 saturated carbocycles. The molecule has 0 unspecified atom stereocenters. The number of halogens is 2. The molecule has 0 spiro atoms. The van der Waals surface area contributed by atoms with Crippen LogP contribution in [0.4, 0.5) is 20.4 Å². The van der Waals surface area contributed by atoms with Gasteiger partial charge in [-0.3, -0.25) is 0 Å². The first-order chi connectivity index (χ1) is 14.5. The van der Waals surface area contributed by atoms with Gasteiger partial charge in [-0.15, -0.1) is 0 Å². The minimum absolute atomic E-state index is 0.0504. The maximum Gasteiger partial charge on any atom is 0.227 e. The van der Waals surface area contributed by atoms with Crippen molar-refractivity contribution in [3.8, 4) is 11.3 Å². The number of nitrogens with one attached hydrogen (secondary N) is 1. The van der Waals surface area contributed by atoms with Crippen molar-refractivity contribution in [1.29, 1.82) is 0 Å². The maximum absolute atomic E-state index is 14.5. The number of hydrogen-bond donors (Lipinski definition) is 1. The van der Waals surface area contributed by atoms with E-state index in [0.717, 1.165) is 23.2 Å². The Morgan fingerprint density at radius 3 is 2.63 bits per heavy atom. The predicted molar refractivity (Wildman–Crippen MR) is 120 cm³/mol. The summed E-state index contributed by atoms with van der Waals surface area (Å²) in [4.78, 5) is 8.36. The minimum Gasteiger partial charge on any atom is -0.464 e. The third kappa shape index (κ3) is 4.62. The van der Waals surface area contributed by atoms with Gasteiger partial charge in [-0.1, -0.05) is 19.9 Å². The molecule has 30 heavy (non-hydrogen) atoms. The van der Waals surface area contributed by atoms with Crippen LogP contribution in [0.3, 0.4) is 0 Å². The summed E-state index contributed by atoms with van der Waals surface area (Å²) < 4.78 is 33.8. The van der Waals surface area contributed by atoms with Crippen LogP contribution in [0.25, 0.3) is 22.2 Å². The van der Waals surface area contributed by atoms with Gasteiger partial charge in [0.15, 0.2) is 5.82 Å². The molecule has 156 valence electrons. The van der Waals surface area contributed by atoms with Gasteiger partial charge in [0.05, 0.1) is 17.8 Å². The fourth-order valence-electron chi connectivity index (χ4n) is 3.14. The molecule has 0 bridgehead atoms. The smallest absolute Gasteiger partial charge is 0.227 e. The van der Waals surface area contributed by atoms with E-state index in [1.165, 1.54) is 30.0 Å². The van der Waals surface area contributed by atoms with E-state index in [2.05, 4.69) is 21.4 Å². The number of benzene rings is 2. The highest BCUT2D eigenvalue weighted by molar-refractivity contribution is 7.97. The van der Waals surface area contributed by atoms with Crippen molar-refractivity contribution in [1.82, 2.24) is 9.97 Å². The highest BCUT2D eigenvalue weighted by Gasteiger charge is 2.17. The monoisotopic (exact) mass is 427 g/mol. The molecule has 4 aromatic rings. The van der Waals surface area contributed by atoms with Crippen LogP contribution in [0, 0.1) is 18.6 Å². The molecule has 0 saturated heterocycles. The standard InChI is InChI=1S/C21H17F2N3OS.C2H6/c1-12-7-13(11-28-2)9-14(8-12)25-21-24-10-18(23)19(26-21)16-3-4-17(22)15-5-6-27-20(15)16;1-2/h3-10H,11H2,1-2H3,(H,24,25,26);1-2H3. The first kappa shape index (κ1) is 21.8. The number of aryl methyl sites for hydroxylation is 1. The molecular weight excluding hydrogens is 404 g/mol. The zero-order valence-corrected chi connectivity index (χ0v) is 18.1. The van der Waals surface area contributed by atoms with Gasteiger partial charge in [0, 0.05) is 17.0 Å². The second-order valence-electron chi connectivity index (χ2n) is 6.41. The van der Waals surface area contributed by atoms with Crippen LogP contribution in [-0.2, 0) is 5.75 Å². The molecule has 0 fully saturated rings. The Labute approximate surface area is 178 Å². The second-order valence-corrected chi connectivity index (χ2v) is 7.28. The predicted octanol–water partition coefficient (Wildman–Crippen LogP) is 7.11. The SMILES string of the molecule is CC.CSCc1cc(C)cc(Nc2ncc(F)c(-c3ccc(F)c4ccoc34)n2)c1. The average molecular weight is 428 g/mol. The Morgan fingerprint density at radius 2 is 1.87 bits per heavy atom. The van der Waals surface area contributed by atoms with Crippen LogP contribution in [0.2, 0.25) is 0 Å². The number of fused-ring (bicyclic) bond motifs is 1. The van der Waals surface area contributed by atoms with Gasteiger partial charge in [0.2, 0.25) is 5.95 Å². The van der Waals surface area contributed by atoms with E-state index in [-0.39, 0.29) is 22.6 Å². The van der Waals surface area contributed by atoms with E-state index >= 15 is 0 Å². The van der Waals surface area contributed by atoms with E-state index in [9.17, 15) is 8.78 Å². The number of hydrogen-bond acceptors (Lipinski definition) is 5. The zero-order valence-electron chi connectivity index (χ0n) is 17.3. The van der Waals surface area contributed by atoms with Gasteiger partial charge >= 0.3 is 0 Å². The largest absolute Gasteiger partial charge is 0.464 e. The summed E-state index contributed by atoms with van der Waals surface area (Å²) in [6.45, 7) is 6.01. The van der Waals surface area contributed by atoms with Crippen LogP contribution in [-0.4, -0.2) is 16.2 Å². The van der Waals surface area contributed by atoms with Crippen molar-refractivity contribution in [3.63, 3.8) is 0 Å². The summed E-state index contributed by atoms with van der Waals surface area (Å²) in [7, 11) is 0. The maximum atomic E-state index is 14.5. The van der Waals surface area contributed by atoms with E-state index in [1.807, 2.05) is 39.2 Å². The summed E-state index contributed by atoms with van der Waals surface area (Å²) >= 11 is 1.73. The highest BCUT2D eigenvalue weighted by atomic mass is 32.2. The molecule has 2 aromatic carbocycles. The number of nitrogens with zero attached hydrogens (tertiary/aromatic N) is 2. The fourth-order valence-corrected chi connectivity index (χ4v) is 3.64. The van der Waals surface area contributed by atoms with Crippen LogP contribution in [0.1, 0.15) is 25.0 Å². The molecule has 4 nitrogen and oxygen atoms in total. The first-order valence-electron chi connectivity index (χ1n) is 9.60. The minimum atomic E-state index is -0.609. The lowest BCUT2D eigenvalue weighted by molar-refractivity contribution is 0.605. The Kier molecular flexibility index (Phi) is 7.05. The first-order valence-corrected chi connectivity index (χ1v) is 11.0. The van der Waals surface area contributed by atoms with Gasteiger partial charge in [0.1, 0.15) is 17.1 Å². The molecule has 1 N–H and O–H groups in total. The Balaban J connectivity index is 0.00000124. The lowest BCUT2D eigenvalue weighted by Gasteiger charge is -2.10. The summed E-state index contributed by atoms with van der Waals surface area (Å²) in [6.07, 6.45) is 4.51. The van der Waals surface area contributed by atoms with Gasteiger partial charge in [-0.25, -0.2) is 18.7 Å². The van der Waals surface area contributed by atoms with Crippen LogP contribution in [0.15, 0.2) is 53.3 Å². The van der Waals surface area contributed by atoms with Crippen molar-refractivity contribution in [2.24, 2.45) is 0 Å². The van der Waals surface area contributed by atoms with Crippen molar-refractivity contribution in [2.45, 2.75) is 26.5 Å². The van der Waals surface area contributed by atoms with Crippen LogP contribution in [0.5, 0.6) is 0 Å². The van der Waals surface area contributed by atoms with E-state index in [1.54, 1.807) is 11.8 Å². The third-order valence-electron chi connectivity index (χ3n) is 4.27. The number of aromatic nitrogens is 2. The van der Waals surface area contributed by atoms with E-state index in [4.69, 9.17) is 4.42 Å². The number of rotatable bonds is 5. The number of furan rings is 1. The quantitative estimate of drug-likeness (QED) is 0.368. The van der Waals surface area contributed by atoms with E-state index in [0.29, 0.717) is 5.56 Å². The summed E-state index contributed by atoms with van der Waals surface area (Å²) in [5.41, 5.74) is 3.77. The zero-order chi connectivity index (χ0) is 21.7. The van der Waals surface area contributed by atoms with Crippen LogP contribution >= 0.6 is 11.8 Å². The molecule has 2 aromatic heterocycles. The molecule has 0 radical (unpaired) electrons. The molecule has 2 heterocycles. The molecular formula is C23H23F2N3OS. The molecule has 7 heteroatoms. The topological polar surface area (TPSA) is 51.0 Å². The Bertz CT molecular complexity index is 1160. The third-order valence-corrected chi connectivity index (χ3v) is 4.89. The number of thioether (sulfide) groups is 1. The molecule has 0 atom stereocenters. The average Bonchev–Trinajstić information content (AvgIpc) is 3.22. The van der Waals surface area contributed by atoms with E-state index < -0.39 is 11.6 Å². The normalized spacial score (nSPS) is 10.6. The van der Waals surface area contributed by atoms with Gasteiger partial charge < -0.3 is 9.73 Å². The van der Waals surface area contributed by atoms with Crippen molar-refractivity contribution in [3.05, 3.63) is 71.6 Å². The molecule has 0 aliphatic carbocycles. The van der Waals surface area contributed by atoms with Crippen molar-refractivity contribution >= 4 is 34.4 Å². The van der Waals surface area contributed by atoms with Crippen LogP contribution < -0.4 is 5.32 Å². The number of anilines is 2. The van der Waals surface area contributed by atoms with Crippen molar-refractivity contribution in [2.75, 3.05) is 11.6 Å². The lowest BCUT2D eigenvalue weighted by atomic mass is 10.1. The van der Waals surface area contributed by atoms with Gasteiger partial charge in [-0.05, 0) is 54.6 Å². The summed E-state index contributed by atoms with van der Waals surface area (Å²) in [5.74, 6) is 0.0995. The fraction of sp³-hybridized carbons (Fsp3) is 0.217. The Morgan fingerprint density at radius 1 is 1.07 bits per heavy atom. The highest BCUT2D eigenvalue weighted by Crippen LogP contribution is 2.32. The second kappa shape index (κ2) is 9.71.